The number of amides is 8. The fourth-order valence-electron chi connectivity index (χ4n) is 9.19. The van der Waals surface area contributed by atoms with E-state index in [0.717, 1.165) is 12.0 Å². The van der Waals surface area contributed by atoms with Crippen molar-refractivity contribution < 1.29 is 67.0 Å². The minimum atomic E-state index is -1.41. The average molecular weight is 1100 g/mol. The molecule has 0 unspecified atom stereocenters. The van der Waals surface area contributed by atoms with Crippen LogP contribution in [0.3, 0.4) is 0 Å². The number of anilines is 1. The van der Waals surface area contributed by atoms with Crippen molar-refractivity contribution in [3.8, 4) is 0 Å². The number of carbonyl (C=O) groups is 11. The van der Waals surface area contributed by atoms with Gasteiger partial charge < -0.3 is 46.1 Å². The number of Topliss-reactive ketones (excluding diaryl/α,β-unsaturated/α-hetero) is 4. The van der Waals surface area contributed by atoms with Crippen molar-refractivity contribution in [2.45, 2.75) is 157 Å². The molecule has 0 aromatic heterocycles. The quantitative estimate of drug-likeness (QED) is 0.0426. The van der Waals surface area contributed by atoms with Crippen LogP contribution in [0, 0.1) is 29.6 Å². The van der Waals surface area contributed by atoms with E-state index in [0.29, 0.717) is 42.6 Å². The first kappa shape index (κ1) is 66.4. The number of carbonyl (C=O) groups excluding carboxylic acids is 11. The van der Waals surface area contributed by atoms with E-state index in [-0.39, 0.29) is 111 Å². The number of β-lactam (4-membered cyclic amide) rings is 1. The molecule has 1 heterocycles. The molecule has 6 N–H and O–H groups in total. The zero-order valence-electron chi connectivity index (χ0n) is 48.0. The Morgan fingerprint density at radius 1 is 0.835 bits per heavy atom. The summed E-state index contributed by atoms with van der Waals surface area (Å²) in [5.41, 5.74) is 6.33. The lowest BCUT2D eigenvalue weighted by molar-refractivity contribution is -0.152. The van der Waals surface area contributed by atoms with E-state index in [9.17, 15) is 52.7 Å². The number of hydrogen-bond donors (Lipinski definition) is 5. The Kier molecular flexibility index (Phi) is 27.1. The number of nitrogens with one attached hydrogen (secondary N) is 4. The Morgan fingerprint density at radius 3 is 2.01 bits per heavy atom. The number of rotatable bonds is 35. The van der Waals surface area contributed by atoms with Crippen LogP contribution >= 0.6 is 0 Å². The van der Waals surface area contributed by atoms with Gasteiger partial charge in [0.25, 0.3) is 0 Å². The van der Waals surface area contributed by atoms with Gasteiger partial charge in [0.1, 0.15) is 25.6 Å². The summed E-state index contributed by atoms with van der Waals surface area (Å²) in [5.74, 6) is -5.16. The molecule has 1 aliphatic heterocycles. The van der Waals surface area contributed by atoms with Gasteiger partial charge >= 0.3 is 12.1 Å². The Balaban J connectivity index is 1.55. The SMILES string of the molecule is CC[C@H](C)[C@@H]([C@@H](CC(C)=O)OC)N(C)C(=O)[C@@H](CC(=O)C(C)(C)NC(=O)OCc1ccc(NC(=O)[C@H](CCCNC(N)=O)CC(=O)[C@@H](NC(=O)COCC(=O)Cc2ccc(CCC(=O)N3CCC3=O)cc2)C(C)C)cc1)C(C)C. The van der Waals surface area contributed by atoms with Crippen LogP contribution in [0.2, 0.25) is 0 Å². The second-order valence-electron chi connectivity index (χ2n) is 21.8. The number of nitrogens with zero attached hydrogens (tertiary/aromatic N) is 2. The molecular weight excluding hydrogens is 1020 g/mol. The summed E-state index contributed by atoms with van der Waals surface area (Å²) in [6.07, 6.45) is 0.607. The Morgan fingerprint density at radius 2 is 1.47 bits per heavy atom. The zero-order valence-corrected chi connectivity index (χ0v) is 48.0. The van der Waals surface area contributed by atoms with E-state index in [1.165, 1.54) is 32.8 Å². The molecular formula is C58H85N7O14. The zero-order chi connectivity index (χ0) is 59.1. The van der Waals surface area contributed by atoms with E-state index in [2.05, 4.69) is 21.3 Å². The number of alkyl carbamates (subject to hydrolysis) is 1. The molecule has 6 atom stereocenters. The highest BCUT2D eigenvalue weighted by Gasteiger charge is 2.40. The topological polar surface area (TPSA) is 296 Å². The van der Waals surface area contributed by atoms with Gasteiger partial charge in [0.15, 0.2) is 17.3 Å². The van der Waals surface area contributed by atoms with Gasteiger partial charge in [-0.15, -0.1) is 0 Å². The lowest BCUT2D eigenvalue weighted by Gasteiger charge is -2.40. The van der Waals surface area contributed by atoms with Crippen molar-refractivity contribution in [1.82, 2.24) is 25.8 Å². The molecule has 0 aliphatic carbocycles. The number of imide groups is 1. The van der Waals surface area contributed by atoms with Crippen LogP contribution in [0.25, 0.3) is 0 Å². The van der Waals surface area contributed by atoms with Gasteiger partial charge in [-0.05, 0) is 86.6 Å². The number of benzene rings is 2. The van der Waals surface area contributed by atoms with Crippen molar-refractivity contribution in [2.75, 3.05) is 45.8 Å². The molecule has 21 nitrogen and oxygen atoms in total. The van der Waals surface area contributed by atoms with Crippen LogP contribution in [0.5, 0.6) is 0 Å². The highest BCUT2D eigenvalue weighted by Crippen LogP contribution is 2.28. The summed E-state index contributed by atoms with van der Waals surface area (Å²) in [7, 11) is 3.18. The van der Waals surface area contributed by atoms with E-state index < -0.39 is 71.9 Å². The maximum absolute atomic E-state index is 14.1. The van der Waals surface area contributed by atoms with Gasteiger partial charge in [-0.3, -0.25) is 48.1 Å². The summed E-state index contributed by atoms with van der Waals surface area (Å²) in [6, 6.07) is 11.4. The van der Waals surface area contributed by atoms with Crippen molar-refractivity contribution in [2.24, 2.45) is 35.3 Å². The first-order valence-corrected chi connectivity index (χ1v) is 27.2. The predicted octanol–water partition coefficient (Wildman–Crippen LogP) is 5.41. The highest BCUT2D eigenvalue weighted by atomic mass is 16.5. The fourth-order valence-corrected chi connectivity index (χ4v) is 9.19. The van der Waals surface area contributed by atoms with Crippen molar-refractivity contribution in [3.05, 3.63) is 65.2 Å². The molecule has 436 valence electrons. The second-order valence-corrected chi connectivity index (χ2v) is 21.8. The van der Waals surface area contributed by atoms with Crippen LogP contribution in [-0.2, 0) is 76.8 Å². The molecule has 0 saturated carbocycles. The molecule has 0 spiro atoms. The number of likely N-dealkylation sites (tertiary alicyclic amines) is 1. The Hall–Kier alpha value is -6.87. The average Bonchev–Trinajstić information content (AvgIpc) is 3.39. The number of urea groups is 1. The standard InChI is InChI=1S/C58H85N7O14/c1-12-37(6)53(47(77-11)28-38(7)66)64(10)55(74)45(35(2)3)31-48(69)58(8,9)63-57(76)79-32-41-19-22-43(23-20-41)61-54(73)42(14-13-26-60-56(59)75)30-46(68)52(36(4)5)62-49(70)34-78-33-44(67)29-40-17-15-39(16-18-40)21-24-50(71)65-27-25-51(65)72/h15-20,22-23,35-37,42,45,47,52-53H,12-14,21,24-34H2,1-11H3,(H,61,73)(H,62,70)(H,63,76)(H3,59,60,75)/t37-,42+,45-,47+,52-,53-/m0/s1. The number of hydrogen-bond acceptors (Lipinski definition) is 14. The number of methoxy groups -OCH3 is 1. The molecule has 0 bridgehead atoms. The van der Waals surface area contributed by atoms with Gasteiger partial charge in [0.05, 0.1) is 23.7 Å². The lowest BCUT2D eigenvalue weighted by Crippen LogP contribution is -2.54. The first-order valence-electron chi connectivity index (χ1n) is 27.2. The monoisotopic (exact) mass is 1100 g/mol. The van der Waals surface area contributed by atoms with Crippen molar-refractivity contribution in [3.63, 3.8) is 0 Å². The molecule has 79 heavy (non-hydrogen) atoms. The van der Waals surface area contributed by atoms with E-state index >= 15 is 0 Å². The Labute approximate surface area is 464 Å². The van der Waals surface area contributed by atoms with Crippen LogP contribution in [0.4, 0.5) is 15.3 Å². The number of ether oxygens (including phenoxy) is 3. The fraction of sp³-hybridized carbons (Fsp3) is 0.603. The third-order valence-electron chi connectivity index (χ3n) is 14.3. The van der Waals surface area contributed by atoms with Gasteiger partial charge in [-0.1, -0.05) is 84.4 Å². The molecule has 3 rings (SSSR count). The van der Waals surface area contributed by atoms with Crippen molar-refractivity contribution in [1.29, 1.82) is 0 Å². The minimum Gasteiger partial charge on any atom is -0.445 e. The summed E-state index contributed by atoms with van der Waals surface area (Å²) < 4.78 is 16.6. The highest BCUT2D eigenvalue weighted by molar-refractivity contribution is 6.00. The Bertz CT molecular complexity index is 2440. The predicted molar refractivity (Wildman–Crippen MR) is 295 cm³/mol. The molecule has 1 fully saturated rings. The summed E-state index contributed by atoms with van der Waals surface area (Å²) in [4.78, 5) is 144. The number of likely N-dealkylation sites (N-methyl/N-ethyl adjacent to an activating group) is 1. The number of aryl methyl sites for hydroxylation is 1. The molecule has 1 saturated heterocycles. The molecule has 0 radical (unpaired) electrons. The summed E-state index contributed by atoms with van der Waals surface area (Å²) in [6.45, 7) is 15.3. The van der Waals surface area contributed by atoms with Crippen LogP contribution in [0.1, 0.15) is 130 Å². The largest absolute Gasteiger partial charge is 0.445 e. The number of primary amides is 1. The lowest BCUT2D eigenvalue weighted by atomic mass is 9.83. The summed E-state index contributed by atoms with van der Waals surface area (Å²) in [5, 5.41) is 10.6. The summed E-state index contributed by atoms with van der Waals surface area (Å²) >= 11 is 0. The number of nitrogens with two attached hydrogens (primary N) is 1. The van der Waals surface area contributed by atoms with Crippen LogP contribution in [0.15, 0.2) is 48.5 Å². The van der Waals surface area contributed by atoms with E-state index in [4.69, 9.17) is 19.9 Å². The van der Waals surface area contributed by atoms with Gasteiger partial charge in [0, 0.05) is 83.3 Å². The van der Waals surface area contributed by atoms with Gasteiger partial charge in [-0.2, -0.15) is 0 Å². The van der Waals surface area contributed by atoms with Crippen LogP contribution in [-0.4, -0.2) is 139 Å². The molecule has 8 amide bonds. The smallest absolute Gasteiger partial charge is 0.408 e. The first-order chi connectivity index (χ1) is 37.2. The van der Waals surface area contributed by atoms with E-state index in [1.807, 2.05) is 39.8 Å². The minimum absolute atomic E-state index is 0.00489. The number of ketones is 4. The molecule has 2 aromatic rings. The normalized spacial score (nSPS) is 14.6. The molecule has 1 aliphatic rings. The van der Waals surface area contributed by atoms with Gasteiger partial charge in [0.2, 0.25) is 29.5 Å². The third-order valence-corrected chi connectivity index (χ3v) is 14.3. The van der Waals surface area contributed by atoms with E-state index in [1.54, 1.807) is 62.2 Å². The third kappa shape index (κ3) is 22.1. The maximum atomic E-state index is 14.1. The van der Waals surface area contributed by atoms with Crippen molar-refractivity contribution >= 4 is 70.5 Å². The second kappa shape index (κ2) is 32.3. The molecule has 21 heteroatoms. The van der Waals surface area contributed by atoms with Gasteiger partial charge in [-0.25, -0.2) is 9.59 Å². The van der Waals surface area contributed by atoms with Crippen LogP contribution < -0.4 is 27.0 Å². The molecule has 2 aromatic carbocycles. The maximum Gasteiger partial charge on any atom is 0.408 e.